The van der Waals surface area contributed by atoms with Gasteiger partial charge in [0.2, 0.25) is 0 Å². The third kappa shape index (κ3) is 5.27. The average molecular weight is 365 g/mol. The molecule has 1 heterocycles. The molecular weight excluding hydrogens is 342 g/mol. The number of benzene rings is 2. The van der Waals surface area contributed by atoms with Crippen molar-refractivity contribution in [1.82, 2.24) is 4.98 Å². The largest absolute Gasteiger partial charge is 0.466 e. The van der Waals surface area contributed by atoms with E-state index < -0.39 is 0 Å². The Hall–Kier alpha value is -2.46. The first-order valence-electron chi connectivity index (χ1n) is 9.03. The van der Waals surface area contributed by atoms with Crippen molar-refractivity contribution in [1.29, 1.82) is 0 Å². The predicted molar refractivity (Wildman–Crippen MR) is 109 cm³/mol. The van der Waals surface area contributed by atoms with Crippen LogP contribution in [0.1, 0.15) is 42.3 Å². The number of para-hydroxylation sites is 1. The van der Waals surface area contributed by atoms with Crippen LogP contribution in [0.2, 0.25) is 0 Å². The van der Waals surface area contributed by atoms with Crippen molar-refractivity contribution in [3.8, 4) is 0 Å². The summed E-state index contributed by atoms with van der Waals surface area (Å²) in [6.07, 6.45) is 7.52. The van der Waals surface area contributed by atoms with Crippen LogP contribution >= 0.6 is 11.3 Å². The molecule has 0 radical (unpaired) electrons. The zero-order chi connectivity index (χ0) is 18.2. The quantitative estimate of drug-likeness (QED) is 0.377. The van der Waals surface area contributed by atoms with Crippen molar-refractivity contribution in [2.24, 2.45) is 0 Å². The van der Waals surface area contributed by atoms with Crippen LogP contribution in [0.5, 0.6) is 0 Å². The van der Waals surface area contributed by atoms with Crippen LogP contribution < -0.4 is 0 Å². The lowest BCUT2D eigenvalue weighted by molar-refractivity contribution is -0.143. The first-order chi connectivity index (χ1) is 12.7. The lowest BCUT2D eigenvalue weighted by Gasteiger charge is -2.03. The van der Waals surface area contributed by atoms with Gasteiger partial charge >= 0.3 is 5.97 Å². The fraction of sp³-hybridized carbons (Fsp3) is 0.273. The SMILES string of the molecule is CCOC(=O)CCCCc1cccc(/C=C/c2nc3ccccc3s2)c1. The maximum atomic E-state index is 11.4. The molecule has 3 rings (SSSR count). The maximum absolute atomic E-state index is 11.4. The van der Waals surface area contributed by atoms with Crippen LogP contribution in [0, 0.1) is 0 Å². The van der Waals surface area contributed by atoms with Crippen molar-refractivity contribution in [3.63, 3.8) is 0 Å². The second kappa shape index (κ2) is 9.30. The Morgan fingerprint density at radius 3 is 2.85 bits per heavy atom. The molecule has 0 bridgehead atoms. The van der Waals surface area contributed by atoms with Crippen molar-refractivity contribution < 1.29 is 9.53 Å². The molecule has 0 amide bonds. The van der Waals surface area contributed by atoms with E-state index in [1.165, 1.54) is 15.8 Å². The van der Waals surface area contributed by atoms with E-state index in [9.17, 15) is 4.79 Å². The second-order valence-electron chi connectivity index (χ2n) is 6.11. The lowest BCUT2D eigenvalue weighted by Crippen LogP contribution is -2.03. The van der Waals surface area contributed by atoms with Crippen LogP contribution in [0.4, 0.5) is 0 Å². The standard InChI is InChI=1S/C22H23NO2S/c1-2-25-22(24)13-6-3-8-17-9-7-10-18(16-17)14-15-21-23-19-11-4-5-12-20(19)26-21/h4-5,7,9-12,14-16H,2-3,6,8,13H2,1H3/b15-14+. The minimum absolute atomic E-state index is 0.0972. The average Bonchev–Trinajstić information content (AvgIpc) is 3.07. The molecular formula is C22H23NO2S. The monoisotopic (exact) mass is 365 g/mol. The van der Waals surface area contributed by atoms with Gasteiger partial charge in [-0.15, -0.1) is 11.3 Å². The second-order valence-corrected chi connectivity index (χ2v) is 7.17. The first-order valence-corrected chi connectivity index (χ1v) is 9.84. The van der Waals surface area contributed by atoms with E-state index >= 15 is 0 Å². The van der Waals surface area contributed by atoms with E-state index in [0.717, 1.165) is 29.8 Å². The molecule has 0 saturated carbocycles. The molecule has 1 aromatic heterocycles. The van der Waals surface area contributed by atoms with Crippen molar-refractivity contribution >= 4 is 39.7 Å². The Bertz CT molecular complexity index is 865. The molecule has 3 aromatic rings. The number of rotatable bonds is 8. The van der Waals surface area contributed by atoms with Crippen LogP contribution in [-0.2, 0) is 16.0 Å². The molecule has 0 fully saturated rings. The van der Waals surface area contributed by atoms with Crippen LogP contribution in [0.25, 0.3) is 22.4 Å². The molecule has 134 valence electrons. The zero-order valence-corrected chi connectivity index (χ0v) is 15.8. The highest BCUT2D eigenvalue weighted by atomic mass is 32.1. The van der Waals surface area contributed by atoms with Gasteiger partial charge in [0.15, 0.2) is 0 Å². The van der Waals surface area contributed by atoms with E-state index in [-0.39, 0.29) is 5.97 Å². The Morgan fingerprint density at radius 1 is 1.12 bits per heavy atom. The Labute approximate surface area is 158 Å². The van der Waals surface area contributed by atoms with Gasteiger partial charge in [-0.05, 0) is 55.5 Å². The van der Waals surface area contributed by atoms with E-state index in [2.05, 4.69) is 47.5 Å². The molecule has 2 aromatic carbocycles. The number of thiazole rings is 1. The van der Waals surface area contributed by atoms with Crippen molar-refractivity contribution in [2.45, 2.75) is 32.6 Å². The Kier molecular flexibility index (Phi) is 6.56. The molecule has 0 aliphatic heterocycles. The fourth-order valence-electron chi connectivity index (χ4n) is 2.81. The summed E-state index contributed by atoms with van der Waals surface area (Å²) in [6.45, 7) is 2.30. The third-order valence-electron chi connectivity index (χ3n) is 4.08. The summed E-state index contributed by atoms with van der Waals surface area (Å²) >= 11 is 1.70. The summed E-state index contributed by atoms with van der Waals surface area (Å²) in [5, 5.41) is 1.02. The number of hydrogen-bond acceptors (Lipinski definition) is 4. The number of nitrogens with zero attached hydrogens (tertiary/aromatic N) is 1. The molecule has 0 aliphatic carbocycles. The molecule has 3 nitrogen and oxygen atoms in total. The van der Waals surface area contributed by atoms with Gasteiger partial charge in [0.05, 0.1) is 16.8 Å². The van der Waals surface area contributed by atoms with Gasteiger partial charge in [-0.2, -0.15) is 0 Å². The summed E-state index contributed by atoms with van der Waals surface area (Å²) in [7, 11) is 0. The highest BCUT2D eigenvalue weighted by Gasteiger charge is 2.02. The predicted octanol–water partition coefficient (Wildman–Crippen LogP) is 5.74. The van der Waals surface area contributed by atoms with Gasteiger partial charge in [0.25, 0.3) is 0 Å². The highest BCUT2D eigenvalue weighted by Crippen LogP contribution is 2.23. The highest BCUT2D eigenvalue weighted by molar-refractivity contribution is 7.19. The molecule has 0 N–H and O–H groups in total. The number of carbonyl (C=O) groups is 1. The lowest BCUT2D eigenvalue weighted by atomic mass is 10.0. The van der Waals surface area contributed by atoms with Gasteiger partial charge in [-0.25, -0.2) is 4.98 Å². The minimum Gasteiger partial charge on any atom is -0.466 e. The summed E-state index contributed by atoms with van der Waals surface area (Å²) < 4.78 is 6.17. The fourth-order valence-corrected chi connectivity index (χ4v) is 3.68. The van der Waals surface area contributed by atoms with E-state index in [1.807, 2.05) is 25.1 Å². The topological polar surface area (TPSA) is 39.2 Å². The number of aryl methyl sites for hydroxylation is 1. The maximum Gasteiger partial charge on any atom is 0.305 e. The molecule has 0 saturated heterocycles. The van der Waals surface area contributed by atoms with Gasteiger partial charge in [0, 0.05) is 6.42 Å². The molecule has 4 heteroatoms. The molecule has 26 heavy (non-hydrogen) atoms. The van der Waals surface area contributed by atoms with Gasteiger partial charge < -0.3 is 4.74 Å². The number of fused-ring (bicyclic) bond motifs is 1. The third-order valence-corrected chi connectivity index (χ3v) is 5.08. The number of ether oxygens (including phenoxy) is 1. The molecule has 0 unspecified atom stereocenters. The van der Waals surface area contributed by atoms with E-state index in [0.29, 0.717) is 13.0 Å². The molecule has 0 atom stereocenters. The number of unbranched alkanes of at least 4 members (excludes halogenated alkanes) is 1. The van der Waals surface area contributed by atoms with Gasteiger partial charge in [-0.1, -0.05) is 42.5 Å². The Morgan fingerprint density at radius 2 is 2.00 bits per heavy atom. The normalized spacial score (nSPS) is 11.3. The van der Waals surface area contributed by atoms with Gasteiger partial charge in [-0.3, -0.25) is 4.79 Å². The summed E-state index contributed by atoms with van der Waals surface area (Å²) in [6, 6.07) is 16.7. The van der Waals surface area contributed by atoms with Crippen molar-refractivity contribution in [2.75, 3.05) is 6.61 Å². The summed E-state index contributed by atoms with van der Waals surface area (Å²) in [4.78, 5) is 16.0. The molecule has 0 aliphatic rings. The first kappa shape index (κ1) is 18.3. The van der Waals surface area contributed by atoms with Crippen LogP contribution in [0.3, 0.4) is 0 Å². The zero-order valence-electron chi connectivity index (χ0n) is 15.0. The molecule has 0 spiro atoms. The van der Waals surface area contributed by atoms with Crippen molar-refractivity contribution in [3.05, 3.63) is 64.7 Å². The number of aromatic nitrogens is 1. The van der Waals surface area contributed by atoms with E-state index in [4.69, 9.17) is 4.74 Å². The summed E-state index contributed by atoms with van der Waals surface area (Å²) in [5.41, 5.74) is 3.51. The minimum atomic E-state index is -0.0972. The number of esters is 1. The smallest absolute Gasteiger partial charge is 0.305 e. The number of carbonyl (C=O) groups excluding carboxylic acids is 1. The van der Waals surface area contributed by atoms with Gasteiger partial charge in [0.1, 0.15) is 5.01 Å². The number of hydrogen-bond donors (Lipinski definition) is 0. The van der Waals surface area contributed by atoms with Crippen LogP contribution in [0.15, 0.2) is 48.5 Å². The Balaban J connectivity index is 1.56. The van der Waals surface area contributed by atoms with E-state index in [1.54, 1.807) is 11.3 Å². The summed E-state index contributed by atoms with van der Waals surface area (Å²) in [5.74, 6) is -0.0972. The van der Waals surface area contributed by atoms with Crippen LogP contribution in [-0.4, -0.2) is 17.6 Å².